The first-order valence-corrected chi connectivity index (χ1v) is 12.6. The van der Waals surface area contributed by atoms with E-state index in [0.29, 0.717) is 37.3 Å². The van der Waals surface area contributed by atoms with Gasteiger partial charge in [-0.05, 0) is 44.0 Å². The van der Waals surface area contributed by atoms with Crippen LogP contribution in [0.25, 0.3) is 10.9 Å². The van der Waals surface area contributed by atoms with E-state index in [1.165, 1.54) is 4.88 Å². The van der Waals surface area contributed by atoms with E-state index in [2.05, 4.69) is 15.3 Å². The molecule has 0 radical (unpaired) electrons. The monoisotopic (exact) mass is 474 g/mol. The Morgan fingerprint density at radius 1 is 1.26 bits per heavy atom. The van der Waals surface area contributed by atoms with E-state index in [0.717, 1.165) is 47.1 Å². The molecule has 6 rings (SSSR count). The first-order valence-electron chi connectivity index (χ1n) is 11.7. The topological polar surface area (TPSA) is 95.9 Å². The van der Waals surface area contributed by atoms with Gasteiger partial charge in [0, 0.05) is 70.8 Å². The fourth-order valence-electron chi connectivity index (χ4n) is 4.66. The lowest BCUT2D eigenvalue weighted by atomic mass is 10.0. The van der Waals surface area contributed by atoms with Gasteiger partial charge in [0.2, 0.25) is 0 Å². The number of thiazole rings is 1. The predicted octanol–water partition coefficient (Wildman–Crippen LogP) is 3.46. The maximum Gasteiger partial charge on any atom is 0.272 e. The molecule has 8 nitrogen and oxygen atoms in total. The normalized spacial score (nSPS) is 15.5. The molecule has 174 valence electrons. The molecule has 1 aromatic carbocycles. The van der Waals surface area contributed by atoms with Crippen LogP contribution < -0.4 is 5.32 Å². The maximum atomic E-state index is 13.4. The predicted molar refractivity (Wildman–Crippen MR) is 130 cm³/mol. The molecule has 0 unspecified atom stereocenters. The summed E-state index contributed by atoms with van der Waals surface area (Å²) in [5.41, 5.74) is 6.98. The molecule has 4 heterocycles. The number of benzene rings is 1. The zero-order valence-electron chi connectivity index (χ0n) is 19.0. The number of hydrogen-bond acceptors (Lipinski definition) is 5. The lowest BCUT2D eigenvalue weighted by molar-refractivity contribution is 0.0730. The lowest BCUT2D eigenvalue weighted by Crippen LogP contribution is -2.37. The molecule has 1 aliphatic heterocycles. The van der Waals surface area contributed by atoms with Crippen LogP contribution >= 0.6 is 11.3 Å². The number of aromatic nitrogens is 4. The van der Waals surface area contributed by atoms with Crippen LogP contribution in [-0.4, -0.2) is 49.0 Å². The third kappa shape index (κ3) is 3.90. The van der Waals surface area contributed by atoms with Crippen LogP contribution in [0.5, 0.6) is 0 Å². The summed E-state index contributed by atoms with van der Waals surface area (Å²) >= 11 is 1.65. The molecule has 34 heavy (non-hydrogen) atoms. The zero-order chi connectivity index (χ0) is 23.2. The first kappa shape index (κ1) is 21.1. The second-order valence-electron chi connectivity index (χ2n) is 9.11. The van der Waals surface area contributed by atoms with Crippen molar-refractivity contribution in [2.45, 2.75) is 51.7 Å². The van der Waals surface area contributed by atoms with Gasteiger partial charge in [0.25, 0.3) is 11.8 Å². The number of amides is 2. The smallest absolute Gasteiger partial charge is 0.272 e. The average molecular weight is 475 g/mol. The summed E-state index contributed by atoms with van der Waals surface area (Å²) in [6.07, 6.45) is 5.42. The van der Waals surface area contributed by atoms with Gasteiger partial charge in [0.1, 0.15) is 0 Å². The highest BCUT2D eigenvalue weighted by Gasteiger charge is 2.32. The second-order valence-corrected chi connectivity index (χ2v) is 10.1. The van der Waals surface area contributed by atoms with E-state index < -0.39 is 0 Å². The molecule has 3 aromatic heterocycles. The standard InChI is InChI=1S/C25H26N6O2S/c1-15-22(34-14-27-15)8-11-31-21-7-10-30(13-19(21)23(29-31)24(32)28-18-3-4-18)25(33)17-2-5-20-16(12-17)6-9-26-20/h2,5-6,9,12,14,18,26H,3-4,7-8,10-11,13H2,1H3,(H,28,32). The number of aryl methyl sites for hydroxylation is 3. The summed E-state index contributed by atoms with van der Waals surface area (Å²) in [7, 11) is 0. The molecule has 0 bridgehead atoms. The van der Waals surface area contributed by atoms with Gasteiger partial charge in [-0.25, -0.2) is 4.98 Å². The Balaban J connectivity index is 1.28. The molecule has 1 aliphatic carbocycles. The number of nitrogens with one attached hydrogen (secondary N) is 2. The number of carbonyl (C=O) groups excluding carboxylic acids is 2. The first-order chi connectivity index (χ1) is 16.6. The van der Waals surface area contributed by atoms with Crippen molar-refractivity contribution in [3.8, 4) is 0 Å². The number of carbonyl (C=O) groups is 2. The third-order valence-electron chi connectivity index (χ3n) is 6.74. The van der Waals surface area contributed by atoms with Crippen LogP contribution in [0, 0.1) is 6.92 Å². The van der Waals surface area contributed by atoms with Gasteiger partial charge in [-0.15, -0.1) is 11.3 Å². The minimum Gasteiger partial charge on any atom is -0.361 e. The van der Waals surface area contributed by atoms with Crippen molar-refractivity contribution in [2.24, 2.45) is 0 Å². The Bertz CT molecular complexity index is 1400. The van der Waals surface area contributed by atoms with Crippen LogP contribution in [0.2, 0.25) is 0 Å². The van der Waals surface area contributed by atoms with Crippen LogP contribution in [0.4, 0.5) is 0 Å². The molecular weight excluding hydrogens is 448 g/mol. The van der Waals surface area contributed by atoms with E-state index in [1.807, 2.05) is 52.5 Å². The Labute approximate surface area is 201 Å². The van der Waals surface area contributed by atoms with Gasteiger partial charge in [0.05, 0.1) is 17.7 Å². The Kier molecular flexibility index (Phi) is 5.21. The highest BCUT2D eigenvalue weighted by molar-refractivity contribution is 7.09. The minimum absolute atomic E-state index is 0.0182. The lowest BCUT2D eigenvalue weighted by Gasteiger charge is -2.28. The molecule has 0 spiro atoms. The zero-order valence-corrected chi connectivity index (χ0v) is 19.8. The summed E-state index contributed by atoms with van der Waals surface area (Å²) in [6, 6.07) is 7.94. The maximum absolute atomic E-state index is 13.4. The highest BCUT2D eigenvalue weighted by Crippen LogP contribution is 2.27. The number of H-pyrrole nitrogens is 1. The van der Waals surface area contributed by atoms with Gasteiger partial charge < -0.3 is 15.2 Å². The molecule has 0 atom stereocenters. The van der Waals surface area contributed by atoms with Crippen LogP contribution in [0.1, 0.15) is 55.5 Å². The molecule has 1 fully saturated rings. The molecule has 2 aliphatic rings. The molecule has 4 aromatic rings. The summed E-state index contributed by atoms with van der Waals surface area (Å²) < 4.78 is 1.98. The van der Waals surface area contributed by atoms with Crippen LogP contribution in [-0.2, 0) is 25.9 Å². The van der Waals surface area contributed by atoms with E-state index in [-0.39, 0.29) is 17.9 Å². The van der Waals surface area contributed by atoms with Gasteiger partial charge in [0.15, 0.2) is 5.69 Å². The molecule has 2 amide bonds. The van der Waals surface area contributed by atoms with Crippen molar-refractivity contribution < 1.29 is 9.59 Å². The van der Waals surface area contributed by atoms with Crippen LogP contribution in [0.3, 0.4) is 0 Å². The summed E-state index contributed by atoms with van der Waals surface area (Å²) in [5.74, 6) is -0.148. The van der Waals surface area contributed by atoms with E-state index >= 15 is 0 Å². The van der Waals surface area contributed by atoms with E-state index in [4.69, 9.17) is 5.10 Å². The summed E-state index contributed by atoms with van der Waals surface area (Å²) in [4.78, 5) is 37.0. The minimum atomic E-state index is -0.130. The second kappa shape index (κ2) is 8.39. The van der Waals surface area contributed by atoms with Crippen molar-refractivity contribution in [1.29, 1.82) is 0 Å². The van der Waals surface area contributed by atoms with Crippen molar-refractivity contribution in [3.05, 3.63) is 69.1 Å². The fourth-order valence-corrected chi connectivity index (χ4v) is 5.43. The Morgan fingerprint density at radius 3 is 2.94 bits per heavy atom. The largest absolute Gasteiger partial charge is 0.361 e. The third-order valence-corrected chi connectivity index (χ3v) is 7.74. The van der Waals surface area contributed by atoms with Crippen molar-refractivity contribution >= 4 is 34.1 Å². The van der Waals surface area contributed by atoms with E-state index in [1.54, 1.807) is 11.3 Å². The number of aromatic amines is 1. The Hall–Kier alpha value is -3.46. The summed E-state index contributed by atoms with van der Waals surface area (Å²) in [5, 5.41) is 8.84. The molecular formula is C25H26N6O2S. The highest BCUT2D eigenvalue weighted by atomic mass is 32.1. The quantitative estimate of drug-likeness (QED) is 0.447. The Morgan fingerprint density at radius 2 is 2.15 bits per heavy atom. The number of hydrogen-bond donors (Lipinski definition) is 2. The number of rotatable bonds is 6. The van der Waals surface area contributed by atoms with Gasteiger partial charge in [-0.2, -0.15) is 5.10 Å². The number of fused-ring (bicyclic) bond motifs is 2. The van der Waals surface area contributed by atoms with Crippen molar-refractivity contribution in [3.63, 3.8) is 0 Å². The average Bonchev–Trinajstić information content (AvgIpc) is 3.22. The van der Waals surface area contributed by atoms with Gasteiger partial charge >= 0.3 is 0 Å². The molecule has 2 N–H and O–H groups in total. The van der Waals surface area contributed by atoms with E-state index in [9.17, 15) is 9.59 Å². The molecule has 0 saturated heterocycles. The van der Waals surface area contributed by atoms with Gasteiger partial charge in [-0.3, -0.25) is 14.3 Å². The van der Waals surface area contributed by atoms with Crippen LogP contribution in [0.15, 0.2) is 36.0 Å². The summed E-state index contributed by atoms with van der Waals surface area (Å²) in [6.45, 7) is 3.71. The SMILES string of the molecule is Cc1ncsc1CCn1nc(C(=O)NC2CC2)c2c1CCN(C(=O)c1ccc3[nH]ccc3c1)C2. The van der Waals surface area contributed by atoms with Gasteiger partial charge in [-0.1, -0.05) is 0 Å². The van der Waals surface area contributed by atoms with Crippen molar-refractivity contribution in [1.82, 2.24) is 30.0 Å². The number of nitrogens with zero attached hydrogens (tertiary/aromatic N) is 4. The van der Waals surface area contributed by atoms with Crippen molar-refractivity contribution in [2.75, 3.05) is 6.54 Å². The fraction of sp³-hybridized carbons (Fsp3) is 0.360. The molecule has 1 saturated carbocycles. The molecule has 9 heteroatoms.